The second-order valence-corrected chi connectivity index (χ2v) is 13.3. The van der Waals surface area contributed by atoms with E-state index >= 15 is 0 Å². The smallest absolute Gasteiger partial charge is 0.121 e. The summed E-state index contributed by atoms with van der Waals surface area (Å²) in [6.07, 6.45) is 0. The molecule has 12 heteroatoms. The molecule has 4 aromatic carbocycles. The number of aryl methyl sites for hydroxylation is 1. The lowest BCUT2D eigenvalue weighted by Crippen LogP contribution is -2.03. The molecule has 0 saturated carbocycles. The first-order valence-corrected chi connectivity index (χ1v) is 20.4. The number of halogens is 2. The Morgan fingerprint density at radius 2 is 1.12 bits per heavy atom. The lowest BCUT2D eigenvalue weighted by molar-refractivity contribution is 0.414. The Bertz CT molecular complexity index is 1220. The van der Waals surface area contributed by atoms with Crippen LogP contribution in [-0.4, -0.2) is 14.2 Å². The van der Waals surface area contributed by atoms with E-state index in [4.69, 9.17) is 38.4 Å². The lowest BCUT2D eigenvalue weighted by atomic mass is 10.1. The predicted molar refractivity (Wildman–Crippen MR) is 200 cm³/mol. The van der Waals surface area contributed by atoms with E-state index in [2.05, 4.69) is 53.3 Å². The van der Waals surface area contributed by atoms with Crippen molar-refractivity contribution in [1.29, 1.82) is 0 Å². The van der Waals surface area contributed by atoms with Crippen molar-refractivity contribution in [2.45, 2.75) is 20.0 Å². The normalized spacial score (nSPS) is 9.49. The molecule has 0 bridgehead atoms. The molecule has 0 fully saturated rings. The van der Waals surface area contributed by atoms with Crippen molar-refractivity contribution >= 4 is 83.9 Å². The second-order valence-electron chi connectivity index (χ2n) is 8.19. The highest BCUT2D eigenvalue weighted by Gasteiger charge is 2.04. The molecule has 222 valence electrons. The Morgan fingerprint density at radius 1 is 0.707 bits per heavy atom. The van der Waals surface area contributed by atoms with Crippen LogP contribution >= 0.6 is 66.9 Å². The van der Waals surface area contributed by atoms with Crippen molar-refractivity contribution in [3.05, 3.63) is 112 Å². The fourth-order valence-corrected chi connectivity index (χ4v) is 3.86. The van der Waals surface area contributed by atoms with E-state index < -0.39 is 0 Å². The van der Waals surface area contributed by atoms with E-state index in [1.807, 2.05) is 78.9 Å². The van der Waals surface area contributed by atoms with Gasteiger partial charge in [0.05, 0.1) is 25.6 Å². The van der Waals surface area contributed by atoms with Crippen LogP contribution in [0, 0.1) is 6.92 Å². The maximum absolute atomic E-state index is 6.12. The SMILES string of the molecule is COc1ccc(NCc2ccccc2Cl)c(C)c1.COc1ccc(NCc2ccccc2Cl)c(N)c1.PP.PPP. The number of benzene rings is 4. The average molecular weight is 688 g/mol. The van der Waals surface area contributed by atoms with Gasteiger partial charge in [0, 0.05) is 34.9 Å². The lowest BCUT2D eigenvalue weighted by Gasteiger charge is -2.11. The Hall–Kier alpha value is -1.39. The van der Waals surface area contributed by atoms with Gasteiger partial charge >= 0.3 is 0 Å². The molecule has 4 unspecified atom stereocenters. The van der Waals surface area contributed by atoms with Gasteiger partial charge in [-0.25, -0.2) is 0 Å². The number of nitrogens with two attached hydrogens (primary N) is 1. The summed E-state index contributed by atoms with van der Waals surface area (Å²) in [5.74, 6) is 1.62. The third-order valence-corrected chi connectivity index (χ3v) is 6.28. The highest BCUT2D eigenvalue weighted by molar-refractivity contribution is 8.33. The standard InChI is InChI=1S/C15H16ClNO.C14H15ClN2O.H5P3.H4P2/c1-11-9-13(18-2)7-8-15(11)17-10-12-5-3-4-6-14(12)16;1-18-11-6-7-14(13(16)8-11)17-9-10-4-2-3-5-12(10)15;1-3-2;1-2/h3-9,17H,10H2,1-2H3;2-8,17H,9,16H2,1H3;3H,1-2H2;1-2H2. The zero-order valence-electron chi connectivity index (χ0n) is 23.5. The summed E-state index contributed by atoms with van der Waals surface area (Å²) in [6.45, 7) is 3.40. The Labute approximate surface area is 266 Å². The van der Waals surface area contributed by atoms with Crippen LogP contribution in [0.4, 0.5) is 17.1 Å². The number of hydrogen-bond acceptors (Lipinski definition) is 5. The third kappa shape index (κ3) is 14.1. The van der Waals surface area contributed by atoms with Crippen molar-refractivity contribution in [2.24, 2.45) is 0 Å². The molecule has 5 nitrogen and oxygen atoms in total. The van der Waals surface area contributed by atoms with Crippen LogP contribution in [-0.2, 0) is 13.1 Å². The van der Waals surface area contributed by atoms with Gasteiger partial charge in [0.1, 0.15) is 11.5 Å². The summed E-state index contributed by atoms with van der Waals surface area (Å²) < 4.78 is 10.3. The minimum atomic E-state index is 0.635. The van der Waals surface area contributed by atoms with Crippen LogP contribution in [0.25, 0.3) is 0 Å². The summed E-state index contributed by atoms with van der Waals surface area (Å²) in [4.78, 5) is 0. The van der Waals surface area contributed by atoms with Crippen molar-refractivity contribution < 1.29 is 9.47 Å². The summed E-state index contributed by atoms with van der Waals surface area (Å²) in [5.41, 5.74) is 11.8. The van der Waals surface area contributed by atoms with Gasteiger partial charge in [-0.2, -0.15) is 0 Å². The Morgan fingerprint density at radius 3 is 1.54 bits per heavy atom. The van der Waals surface area contributed by atoms with Crippen LogP contribution in [0.2, 0.25) is 10.0 Å². The molecule has 4 N–H and O–H groups in total. The van der Waals surface area contributed by atoms with Crippen molar-refractivity contribution in [2.75, 3.05) is 30.6 Å². The summed E-state index contributed by atoms with van der Waals surface area (Å²) in [5, 5.41) is 8.17. The van der Waals surface area contributed by atoms with Gasteiger partial charge in [-0.15, -0.1) is 35.7 Å². The maximum atomic E-state index is 6.12. The van der Waals surface area contributed by atoms with Crippen LogP contribution in [0.5, 0.6) is 11.5 Å². The molecule has 4 atom stereocenters. The van der Waals surface area contributed by atoms with E-state index in [0.717, 1.165) is 57.6 Å². The monoisotopic (exact) mass is 687 g/mol. The topological polar surface area (TPSA) is 68.5 Å². The van der Waals surface area contributed by atoms with E-state index in [0.29, 0.717) is 18.8 Å². The minimum absolute atomic E-state index is 0.635. The first-order valence-electron chi connectivity index (χ1n) is 12.3. The maximum Gasteiger partial charge on any atom is 0.121 e. The van der Waals surface area contributed by atoms with Crippen LogP contribution in [0.15, 0.2) is 84.9 Å². The molecule has 4 aromatic rings. The molecule has 0 radical (unpaired) electrons. The summed E-state index contributed by atoms with van der Waals surface area (Å²) in [7, 11) is 14.0. The third-order valence-electron chi connectivity index (χ3n) is 5.55. The quantitative estimate of drug-likeness (QED) is 0.127. The summed E-state index contributed by atoms with van der Waals surface area (Å²) >= 11 is 12.2. The first-order chi connectivity index (χ1) is 19.8. The summed E-state index contributed by atoms with van der Waals surface area (Å²) in [6, 6.07) is 27.1. The van der Waals surface area contributed by atoms with E-state index in [1.54, 1.807) is 20.3 Å². The van der Waals surface area contributed by atoms with Crippen molar-refractivity contribution in [3.8, 4) is 11.5 Å². The Kier molecular flexibility index (Phi) is 20.4. The van der Waals surface area contributed by atoms with E-state index in [-0.39, 0.29) is 0 Å². The van der Waals surface area contributed by atoms with Gasteiger partial charge in [-0.3, -0.25) is 0 Å². The predicted octanol–water partition coefficient (Wildman–Crippen LogP) is 9.71. The largest absolute Gasteiger partial charge is 0.497 e. The molecule has 0 amide bonds. The fourth-order valence-electron chi connectivity index (χ4n) is 3.45. The molecular formula is C29H40Cl2N3O2P5. The van der Waals surface area contributed by atoms with Crippen molar-refractivity contribution in [3.63, 3.8) is 0 Å². The van der Waals surface area contributed by atoms with Gasteiger partial charge in [0.15, 0.2) is 0 Å². The number of anilines is 3. The molecule has 41 heavy (non-hydrogen) atoms. The van der Waals surface area contributed by atoms with Crippen LogP contribution < -0.4 is 25.8 Å². The molecule has 0 aliphatic heterocycles. The van der Waals surface area contributed by atoms with Gasteiger partial charge < -0.3 is 25.8 Å². The van der Waals surface area contributed by atoms with Crippen LogP contribution in [0.1, 0.15) is 16.7 Å². The molecule has 0 aliphatic carbocycles. The molecule has 0 aliphatic rings. The number of methoxy groups -OCH3 is 2. The molecule has 0 aromatic heterocycles. The van der Waals surface area contributed by atoms with Gasteiger partial charge in [-0.1, -0.05) is 67.6 Å². The second kappa shape index (κ2) is 22.2. The fraction of sp³-hybridized carbons (Fsp3) is 0.172. The van der Waals surface area contributed by atoms with Gasteiger partial charge in [0.25, 0.3) is 0 Å². The molecule has 0 saturated heterocycles. The Balaban J connectivity index is 0.000000355. The molecule has 4 rings (SSSR count). The number of hydrogen-bond donors (Lipinski definition) is 3. The number of rotatable bonds is 8. The van der Waals surface area contributed by atoms with Gasteiger partial charge in [-0.05, 0) is 66.1 Å². The molecule has 0 heterocycles. The molecule has 0 spiro atoms. The van der Waals surface area contributed by atoms with E-state index in [9.17, 15) is 0 Å². The van der Waals surface area contributed by atoms with Crippen LogP contribution in [0.3, 0.4) is 0 Å². The van der Waals surface area contributed by atoms with E-state index in [1.165, 1.54) is 0 Å². The van der Waals surface area contributed by atoms with Crippen molar-refractivity contribution in [1.82, 2.24) is 0 Å². The zero-order chi connectivity index (χ0) is 30.6. The number of ether oxygens (including phenoxy) is 2. The number of nitrogens with one attached hydrogen (secondary N) is 2. The minimum Gasteiger partial charge on any atom is -0.497 e. The average Bonchev–Trinajstić information content (AvgIpc) is 2.99. The molecular weight excluding hydrogens is 648 g/mol. The first kappa shape index (κ1) is 37.6. The highest BCUT2D eigenvalue weighted by Crippen LogP contribution is 2.28. The van der Waals surface area contributed by atoms with Gasteiger partial charge in [0.2, 0.25) is 0 Å². The zero-order valence-corrected chi connectivity index (χ0v) is 30.6. The highest BCUT2D eigenvalue weighted by atomic mass is 35.5. The number of nitrogen functional groups attached to an aromatic ring is 1.